The van der Waals surface area contributed by atoms with Crippen LogP contribution in [0.1, 0.15) is 58.3 Å². The van der Waals surface area contributed by atoms with Gasteiger partial charge in [-0.1, -0.05) is 39.0 Å². The number of carbonyl (C=O) groups is 1. The summed E-state index contributed by atoms with van der Waals surface area (Å²) in [5.74, 6) is 1.73. The van der Waals surface area contributed by atoms with Crippen molar-refractivity contribution >= 4 is 5.91 Å². The third kappa shape index (κ3) is 3.47. The number of nitrogens with two attached hydrogens (primary N) is 1. The molecule has 3 N–H and O–H groups in total. The molecule has 3 heteroatoms. The van der Waals surface area contributed by atoms with E-state index in [1.807, 2.05) is 0 Å². The zero-order valence-corrected chi connectivity index (χ0v) is 11.7. The Morgan fingerprint density at radius 3 is 2.61 bits per heavy atom. The molecule has 0 heterocycles. The summed E-state index contributed by atoms with van der Waals surface area (Å²) in [5.41, 5.74) is 6.13. The molecule has 0 radical (unpaired) electrons. The van der Waals surface area contributed by atoms with Crippen molar-refractivity contribution in [3.05, 3.63) is 0 Å². The van der Waals surface area contributed by atoms with Crippen LogP contribution in [0.25, 0.3) is 0 Å². The van der Waals surface area contributed by atoms with Gasteiger partial charge in [0.25, 0.3) is 0 Å². The van der Waals surface area contributed by atoms with Gasteiger partial charge in [0.2, 0.25) is 5.91 Å². The predicted octanol–water partition coefficient (Wildman–Crippen LogP) is 2.45. The van der Waals surface area contributed by atoms with E-state index in [-0.39, 0.29) is 17.9 Å². The van der Waals surface area contributed by atoms with Crippen LogP contribution in [0.5, 0.6) is 0 Å². The van der Waals surface area contributed by atoms with E-state index in [0.29, 0.717) is 5.92 Å². The van der Waals surface area contributed by atoms with Gasteiger partial charge in [-0.3, -0.25) is 4.79 Å². The van der Waals surface area contributed by atoms with Crippen LogP contribution in [-0.2, 0) is 4.79 Å². The number of carbonyl (C=O) groups excluding carboxylic acids is 1. The highest BCUT2D eigenvalue weighted by Crippen LogP contribution is 2.30. The minimum Gasteiger partial charge on any atom is -0.356 e. The lowest BCUT2D eigenvalue weighted by molar-refractivity contribution is -0.126. The monoisotopic (exact) mass is 252 g/mol. The molecule has 2 aliphatic carbocycles. The van der Waals surface area contributed by atoms with Gasteiger partial charge >= 0.3 is 0 Å². The first-order chi connectivity index (χ1) is 8.68. The van der Waals surface area contributed by atoms with Crippen LogP contribution in [0.2, 0.25) is 0 Å². The maximum Gasteiger partial charge on any atom is 0.224 e. The average Bonchev–Trinajstić information content (AvgIpc) is 2.63. The first-order valence-electron chi connectivity index (χ1n) is 7.71. The molecule has 3 nitrogen and oxygen atoms in total. The van der Waals surface area contributed by atoms with E-state index in [4.69, 9.17) is 5.73 Å². The van der Waals surface area contributed by atoms with Crippen LogP contribution in [0.3, 0.4) is 0 Å². The number of hydrogen-bond acceptors (Lipinski definition) is 2. The Morgan fingerprint density at radius 1 is 1.11 bits per heavy atom. The molecule has 4 atom stereocenters. The number of hydrogen-bond donors (Lipinski definition) is 2. The lowest BCUT2D eigenvalue weighted by atomic mass is 9.93. The molecule has 1 amide bonds. The molecule has 0 bridgehead atoms. The van der Waals surface area contributed by atoms with Crippen LogP contribution >= 0.6 is 0 Å². The zero-order chi connectivity index (χ0) is 13.0. The van der Waals surface area contributed by atoms with Gasteiger partial charge in [-0.05, 0) is 31.1 Å². The van der Waals surface area contributed by atoms with Crippen molar-refractivity contribution in [1.82, 2.24) is 5.32 Å². The summed E-state index contributed by atoms with van der Waals surface area (Å²) in [6.45, 7) is 3.17. The van der Waals surface area contributed by atoms with E-state index in [9.17, 15) is 4.79 Å². The Kier molecular flexibility index (Phi) is 5.04. The van der Waals surface area contributed by atoms with E-state index < -0.39 is 0 Å². The van der Waals surface area contributed by atoms with Gasteiger partial charge in [0, 0.05) is 12.6 Å². The summed E-state index contributed by atoms with van der Waals surface area (Å²) in [4.78, 5) is 12.2. The summed E-state index contributed by atoms with van der Waals surface area (Å²) < 4.78 is 0. The van der Waals surface area contributed by atoms with Crippen LogP contribution in [0.4, 0.5) is 0 Å². The molecule has 2 aliphatic rings. The number of rotatable bonds is 3. The standard InChI is InChI=1S/C15H28N2O/c1-11-6-5-7-12(11)10-17-15(18)13-8-3-2-4-9-14(13)16/h11-14H,2-10,16H2,1H3,(H,17,18). The van der Waals surface area contributed by atoms with Crippen LogP contribution in [0, 0.1) is 17.8 Å². The smallest absolute Gasteiger partial charge is 0.224 e. The van der Waals surface area contributed by atoms with E-state index in [2.05, 4.69) is 12.2 Å². The molecule has 2 saturated carbocycles. The van der Waals surface area contributed by atoms with E-state index in [0.717, 1.165) is 31.7 Å². The van der Waals surface area contributed by atoms with Gasteiger partial charge in [0.15, 0.2) is 0 Å². The van der Waals surface area contributed by atoms with Crippen molar-refractivity contribution in [3.63, 3.8) is 0 Å². The third-order valence-electron chi connectivity index (χ3n) is 4.98. The quantitative estimate of drug-likeness (QED) is 0.758. The first kappa shape index (κ1) is 13.9. The van der Waals surface area contributed by atoms with Crippen LogP contribution in [-0.4, -0.2) is 18.5 Å². The third-order valence-corrected chi connectivity index (χ3v) is 4.98. The zero-order valence-electron chi connectivity index (χ0n) is 11.7. The second kappa shape index (κ2) is 6.55. The van der Waals surface area contributed by atoms with Crippen molar-refractivity contribution in [1.29, 1.82) is 0 Å². The van der Waals surface area contributed by atoms with Gasteiger partial charge in [0.05, 0.1) is 5.92 Å². The SMILES string of the molecule is CC1CCCC1CNC(=O)C1CCCCCC1N. The summed E-state index contributed by atoms with van der Waals surface area (Å²) in [6, 6.07) is 0.0773. The predicted molar refractivity (Wildman–Crippen MR) is 74.1 cm³/mol. The molecular weight excluding hydrogens is 224 g/mol. The maximum atomic E-state index is 12.2. The fourth-order valence-electron chi connectivity index (χ4n) is 3.55. The lowest BCUT2D eigenvalue weighted by Crippen LogP contribution is -2.43. The van der Waals surface area contributed by atoms with Gasteiger partial charge in [-0.2, -0.15) is 0 Å². The van der Waals surface area contributed by atoms with Crippen molar-refractivity contribution in [2.24, 2.45) is 23.5 Å². The summed E-state index contributed by atoms with van der Waals surface area (Å²) >= 11 is 0. The van der Waals surface area contributed by atoms with Crippen LogP contribution < -0.4 is 11.1 Å². The number of amides is 1. The highest BCUT2D eigenvalue weighted by molar-refractivity contribution is 5.79. The molecule has 104 valence electrons. The van der Waals surface area contributed by atoms with E-state index in [1.54, 1.807) is 0 Å². The Hall–Kier alpha value is -0.570. The molecular formula is C15H28N2O. The Labute approximate surface area is 111 Å². The van der Waals surface area contributed by atoms with E-state index in [1.165, 1.54) is 32.1 Å². The highest BCUT2D eigenvalue weighted by atomic mass is 16.1. The van der Waals surface area contributed by atoms with Gasteiger partial charge in [0.1, 0.15) is 0 Å². The summed E-state index contributed by atoms with van der Waals surface area (Å²) in [5, 5.41) is 3.16. The average molecular weight is 252 g/mol. The van der Waals surface area contributed by atoms with Gasteiger partial charge in [-0.15, -0.1) is 0 Å². The van der Waals surface area contributed by atoms with Crippen molar-refractivity contribution < 1.29 is 4.79 Å². The molecule has 0 aliphatic heterocycles. The summed E-state index contributed by atoms with van der Waals surface area (Å²) in [6.07, 6.45) is 9.49. The molecule has 0 saturated heterocycles. The van der Waals surface area contributed by atoms with Crippen molar-refractivity contribution in [3.8, 4) is 0 Å². The minimum absolute atomic E-state index is 0.0595. The van der Waals surface area contributed by atoms with Gasteiger partial charge in [-0.25, -0.2) is 0 Å². The Morgan fingerprint density at radius 2 is 1.89 bits per heavy atom. The largest absolute Gasteiger partial charge is 0.356 e. The molecule has 2 fully saturated rings. The van der Waals surface area contributed by atoms with E-state index >= 15 is 0 Å². The Bertz CT molecular complexity index is 280. The minimum atomic E-state index is 0.0595. The fourth-order valence-corrected chi connectivity index (χ4v) is 3.55. The molecule has 0 aromatic rings. The maximum absolute atomic E-state index is 12.2. The molecule has 0 aromatic heterocycles. The molecule has 0 aromatic carbocycles. The van der Waals surface area contributed by atoms with Crippen molar-refractivity contribution in [2.75, 3.05) is 6.54 Å². The summed E-state index contributed by atoms with van der Waals surface area (Å²) in [7, 11) is 0. The highest BCUT2D eigenvalue weighted by Gasteiger charge is 2.29. The topological polar surface area (TPSA) is 55.1 Å². The second-order valence-corrected chi connectivity index (χ2v) is 6.32. The van der Waals surface area contributed by atoms with Gasteiger partial charge < -0.3 is 11.1 Å². The molecule has 2 rings (SSSR count). The van der Waals surface area contributed by atoms with Crippen molar-refractivity contribution in [2.45, 2.75) is 64.3 Å². The lowest BCUT2D eigenvalue weighted by Gasteiger charge is -2.22. The normalized spacial score (nSPS) is 37.2. The fraction of sp³-hybridized carbons (Fsp3) is 0.933. The molecule has 0 spiro atoms. The number of nitrogens with one attached hydrogen (secondary N) is 1. The first-order valence-corrected chi connectivity index (χ1v) is 7.71. The Balaban J connectivity index is 1.79. The molecule has 4 unspecified atom stereocenters. The molecule has 18 heavy (non-hydrogen) atoms. The second-order valence-electron chi connectivity index (χ2n) is 6.32. The van der Waals surface area contributed by atoms with Crippen LogP contribution in [0.15, 0.2) is 0 Å².